The highest BCUT2D eigenvalue weighted by molar-refractivity contribution is 5.28. The Balaban J connectivity index is 2.34. The van der Waals surface area contributed by atoms with E-state index >= 15 is 0 Å². The Kier molecular flexibility index (Phi) is 3.56. The smallest absolute Gasteiger partial charge is 0.127 e. The van der Waals surface area contributed by atoms with Gasteiger partial charge < -0.3 is 10.1 Å². The van der Waals surface area contributed by atoms with Gasteiger partial charge in [0.1, 0.15) is 5.82 Å². The van der Waals surface area contributed by atoms with E-state index in [4.69, 9.17) is 4.74 Å². The molecular weight excluding hydrogens is 205 g/mol. The standard InChI is InChI=1S/C13H18FNO/c1-16-10-13(6-8-15-9-7-13)11-4-2-3-5-12(11)14/h2-5,15H,6-10H2,1H3. The van der Waals surface area contributed by atoms with Gasteiger partial charge in [0.05, 0.1) is 6.61 Å². The molecule has 0 unspecified atom stereocenters. The summed E-state index contributed by atoms with van der Waals surface area (Å²) in [4.78, 5) is 0. The minimum atomic E-state index is -0.147. The molecule has 1 N–H and O–H groups in total. The first kappa shape index (κ1) is 11.6. The molecule has 2 nitrogen and oxygen atoms in total. The Morgan fingerprint density at radius 3 is 2.62 bits per heavy atom. The highest BCUT2D eigenvalue weighted by Gasteiger charge is 2.35. The molecule has 1 aromatic carbocycles. The molecule has 1 aliphatic rings. The van der Waals surface area contributed by atoms with Gasteiger partial charge in [0.15, 0.2) is 0 Å². The van der Waals surface area contributed by atoms with Crippen molar-refractivity contribution in [2.24, 2.45) is 0 Å². The first-order chi connectivity index (χ1) is 7.78. The van der Waals surface area contributed by atoms with Gasteiger partial charge in [0, 0.05) is 12.5 Å². The summed E-state index contributed by atoms with van der Waals surface area (Å²) < 4.78 is 19.2. The summed E-state index contributed by atoms with van der Waals surface area (Å²) in [6, 6.07) is 7.06. The van der Waals surface area contributed by atoms with Crippen LogP contribution in [0.25, 0.3) is 0 Å². The maximum atomic E-state index is 13.9. The van der Waals surface area contributed by atoms with Crippen LogP contribution in [0.2, 0.25) is 0 Å². The number of nitrogens with one attached hydrogen (secondary N) is 1. The number of benzene rings is 1. The van der Waals surface area contributed by atoms with E-state index < -0.39 is 0 Å². The fourth-order valence-corrected chi connectivity index (χ4v) is 2.56. The maximum absolute atomic E-state index is 13.9. The monoisotopic (exact) mass is 223 g/mol. The molecule has 1 aromatic rings. The van der Waals surface area contributed by atoms with Crippen LogP contribution in [0.15, 0.2) is 24.3 Å². The number of halogens is 1. The number of hydrogen-bond donors (Lipinski definition) is 1. The van der Waals surface area contributed by atoms with E-state index in [1.807, 2.05) is 12.1 Å². The zero-order valence-electron chi connectivity index (χ0n) is 9.63. The van der Waals surface area contributed by atoms with Gasteiger partial charge in [0.2, 0.25) is 0 Å². The molecule has 3 heteroatoms. The van der Waals surface area contributed by atoms with Crippen molar-refractivity contribution >= 4 is 0 Å². The molecule has 2 rings (SSSR count). The van der Waals surface area contributed by atoms with E-state index in [1.165, 1.54) is 6.07 Å². The lowest BCUT2D eigenvalue weighted by atomic mass is 9.73. The van der Waals surface area contributed by atoms with Gasteiger partial charge >= 0.3 is 0 Å². The third-order valence-corrected chi connectivity index (χ3v) is 3.43. The summed E-state index contributed by atoms with van der Waals surface area (Å²) in [5.74, 6) is -0.110. The van der Waals surface area contributed by atoms with E-state index in [1.54, 1.807) is 13.2 Å². The van der Waals surface area contributed by atoms with Crippen LogP contribution >= 0.6 is 0 Å². The number of hydrogen-bond acceptors (Lipinski definition) is 2. The van der Waals surface area contributed by atoms with Gasteiger partial charge in [-0.25, -0.2) is 4.39 Å². The third-order valence-electron chi connectivity index (χ3n) is 3.43. The van der Waals surface area contributed by atoms with Crippen molar-refractivity contribution in [3.8, 4) is 0 Å². The molecule has 0 amide bonds. The van der Waals surface area contributed by atoms with Crippen LogP contribution in [0.4, 0.5) is 4.39 Å². The van der Waals surface area contributed by atoms with Gasteiger partial charge in [-0.15, -0.1) is 0 Å². The average molecular weight is 223 g/mol. The predicted octanol–water partition coefficient (Wildman–Crippen LogP) is 2.09. The van der Waals surface area contributed by atoms with Crippen molar-refractivity contribution in [3.63, 3.8) is 0 Å². The van der Waals surface area contributed by atoms with E-state index in [0.29, 0.717) is 6.61 Å². The molecule has 1 fully saturated rings. The molecule has 0 spiro atoms. The van der Waals surface area contributed by atoms with Crippen molar-refractivity contribution in [1.29, 1.82) is 0 Å². The molecule has 0 atom stereocenters. The zero-order chi connectivity index (χ0) is 11.4. The van der Waals surface area contributed by atoms with E-state index in [0.717, 1.165) is 31.5 Å². The summed E-state index contributed by atoms with van der Waals surface area (Å²) in [6.07, 6.45) is 1.86. The highest BCUT2D eigenvalue weighted by Crippen LogP contribution is 2.35. The van der Waals surface area contributed by atoms with Crippen LogP contribution in [0.1, 0.15) is 18.4 Å². The van der Waals surface area contributed by atoms with Crippen LogP contribution < -0.4 is 5.32 Å². The summed E-state index contributed by atoms with van der Waals surface area (Å²) in [5.41, 5.74) is 0.657. The molecule has 88 valence electrons. The molecule has 0 bridgehead atoms. The topological polar surface area (TPSA) is 21.3 Å². The molecular formula is C13H18FNO. The van der Waals surface area contributed by atoms with Crippen molar-refractivity contribution in [3.05, 3.63) is 35.6 Å². The lowest BCUT2D eigenvalue weighted by molar-refractivity contribution is 0.105. The maximum Gasteiger partial charge on any atom is 0.127 e. The molecule has 16 heavy (non-hydrogen) atoms. The average Bonchev–Trinajstić information content (AvgIpc) is 2.31. The fraction of sp³-hybridized carbons (Fsp3) is 0.538. The van der Waals surface area contributed by atoms with Gasteiger partial charge in [-0.1, -0.05) is 18.2 Å². The third kappa shape index (κ3) is 2.11. The second kappa shape index (κ2) is 4.93. The number of methoxy groups -OCH3 is 1. The molecule has 0 radical (unpaired) electrons. The molecule has 0 aromatic heterocycles. The first-order valence-electron chi connectivity index (χ1n) is 5.73. The number of piperidine rings is 1. The Bertz CT molecular complexity index is 342. The van der Waals surface area contributed by atoms with Crippen LogP contribution in [0.3, 0.4) is 0 Å². The predicted molar refractivity (Wildman–Crippen MR) is 62.1 cm³/mol. The van der Waals surface area contributed by atoms with Gasteiger partial charge in [0.25, 0.3) is 0 Å². The lowest BCUT2D eigenvalue weighted by Crippen LogP contribution is -2.43. The Hall–Kier alpha value is -0.930. The van der Waals surface area contributed by atoms with Crippen LogP contribution in [-0.4, -0.2) is 26.8 Å². The second-order valence-corrected chi connectivity index (χ2v) is 4.44. The summed E-state index contributed by atoms with van der Waals surface area (Å²) in [6.45, 7) is 2.45. The van der Waals surface area contributed by atoms with E-state index in [2.05, 4.69) is 5.32 Å². The quantitative estimate of drug-likeness (QED) is 0.847. The van der Waals surface area contributed by atoms with E-state index in [-0.39, 0.29) is 11.2 Å². The molecule has 0 saturated carbocycles. The first-order valence-corrected chi connectivity index (χ1v) is 5.73. The van der Waals surface area contributed by atoms with Gasteiger partial charge in [-0.05, 0) is 37.6 Å². The normalized spacial score (nSPS) is 19.6. The number of ether oxygens (including phenoxy) is 1. The minimum Gasteiger partial charge on any atom is -0.384 e. The second-order valence-electron chi connectivity index (χ2n) is 4.44. The summed E-state index contributed by atoms with van der Waals surface area (Å²) >= 11 is 0. The Labute approximate surface area is 95.8 Å². The summed E-state index contributed by atoms with van der Waals surface area (Å²) in [7, 11) is 1.69. The molecule has 1 saturated heterocycles. The zero-order valence-corrected chi connectivity index (χ0v) is 9.63. The highest BCUT2D eigenvalue weighted by atomic mass is 19.1. The van der Waals surface area contributed by atoms with Crippen LogP contribution in [0, 0.1) is 5.82 Å². The summed E-state index contributed by atoms with van der Waals surface area (Å²) in [5, 5.41) is 3.31. The molecule has 1 heterocycles. The SMILES string of the molecule is COCC1(c2ccccc2F)CCNCC1. The van der Waals surface area contributed by atoms with Gasteiger partial charge in [-0.2, -0.15) is 0 Å². The number of rotatable bonds is 3. The van der Waals surface area contributed by atoms with Crippen molar-refractivity contribution in [1.82, 2.24) is 5.32 Å². The van der Waals surface area contributed by atoms with Crippen molar-refractivity contribution in [2.45, 2.75) is 18.3 Å². The van der Waals surface area contributed by atoms with Crippen LogP contribution in [-0.2, 0) is 10.2 Å². The van der Waals surface area contributed by atoms with Crippen molar-refractivity contribution < 1.29 is 9.13 Å². The fourth-order valence-electron chi connectivity index (χ4n) is 2.56. The minimum absolute atomic E-state index is 0.110. The van der Waals surface area contributed by atoms with E-state index in [9.17, 15) is 4.39 Å². The lowest BCUT2D eigenvalue weighted by Gasteiger charge is -2.37. The van der Waals surface area contributed by atoms with Crippen molar-refractivity contribution in [2.75, 3.05) is 26.8 Å². The van der Waals surface area contributed by atoms with Gasteiger partial charge in [-0.3, -0.25) is 0 Å². The largest absolute Gasteiger partial charge is 0.384 e. The Morgan fingerprint density at radius 1 is 1.31 bits per heavy atom. The molecule has 1 aliphatic heterocycles. The molecule has 0 aliphatic carbocycles. The van der Waals surface area contributed by atoms with Crippen LogP contribution in [0.5, 0.6) is 0 Å². The Morgan fingerprint density at radius 2 is 2.00 bits per heavy atom.